The first-order chi connectivity index (χ1) is 9.60. The molecule has 3 heteroatoms. The normalized spacial score (nSPS) is 14.0. The average Bonchev–Trinajstić information content (AvgIpc) is 2.46. The molecule has 0 aliphatic heterocycles. The maximum absolute atomic E-state index is 12.9. The molecule has 2 aromatic rings. The Hall–Kier alpha value is -1.74. The van der Waals surface area contributed by atoms with Gasteiger partial charge in [0.05, 0.1) is 11.9 Å². The second-order valence-electron chi connectivity index (χ2n) is 5.16. The summed E-state index contributed by atoms with van der Waals surface area (Å²) in [6.45, 7) is 6.32. The van der Waals surface area contributed by atoms with E-state index in [4.69, 9.17) is 0 Å². The van der Waals surface area contributed by atoms with Crippen molar-refractivity contribution in [1.29, 1.82) is 0 Å². The van der Waals surface area contributed by atoms with Crippen molar-refractivity contribution in [2.24, 2.45) is 0 Å². The van der Waals surface area contributed by atoms with Gasteiger partial charge in [0.2, 0.25) is 0 Å². The summed E-state index contributed by atoms with van der Waals surface area (Å²) >= 11 is 0. The summed E-state index contributed by atoms with van der Waals surface area (Å²) in [5, 5.41) is 3.55. The molecule has 0 radical (unpaired) electrons. The SMILES string of the molecule is CCC(NC(C)c1ccc(C)cc1)c1ccc(F)cn1. The van der Waals surface area contributed by atoms with Crippen LogP contribution in [0.2, 0.25) is 0 Å². The second kappa shape index (κ2) is 6.62. The van der Waals surface area contributed by atoms with Crippen LogP contribution < -0.4 is 5.32 Å². The van der Waals surface area contributed by atoms with Crippen LogP contribution in [0, 0.1) is 12.7 Å². The molecule has 2 nitrogen and oxygen atoms in total. The molecular weight excluding hydrogens is 251 g/mol. The van der Waals surface area contributed by atoms with Crippen molar-refractivity contribution in [3.63, 3.8) is 0 Å². The lowest BCUT2D eigenvalue weighted by molar-refractivity contribution is 0.447. The number of nitrogens with zero attached hydrogens (tertiary/aromatic N) is 1. The minimum atomic E-state index is -0.296. The number of nitrogens with one attached hydrogen (secondary N) is 1. The van der Waals surface area contributed by atoms with E-state index in [1.54, 1.807) is 6.07 Å². The zero-order chi connectivity index (χ0) is 14.5. The van der Waals surface area contributed by atoms with Gasteiger partial charge in [0.25, 0.3) is 0 Å². The molecule has 1 N–H and O–H groups in total. The molecule has 0 aliphatic rings. The third-order valence-corrected chi connectivity index (χ3v) is 3.54. The van der Waals surface area contributed by atoms with Crippen LogP contribution in [0.1, 0.15) is 49.2 Å². The van der Waals surface area contributed by atoms with Crippen molar-refractivity contribution in [3.8, 4) is 0 Å². The Labute approximate surface area is 120 Å². The number of pyridine rings is 1. The largest absolute Gasteiger partial charge is 0.302 e. The van der Waals surface area contributed by atoms with E-state index >= 15 is 0 Å². The zero-order valence-corrected chi connectivity index (χ0v) is 12.2. The fraction of sp³-hybridized carbons (Fsp3) is 0.353. The van der Waals surface area contributed by atoms with Crippen LogP contribution in [-0.2, 0) is 0 Å². The van der Waals surface area contributed by atoms with Crippen LogP contribution in [-0.4, -0.2) is 4.98 Å². The number of rotatable bonds is 5. The van der Waals surface area contributed by atoms with E-state index in [0.29, 0.717) is 0 Å². The van der Waals surface area contributed by atoms with Crippen LogP contribution in [0.3, 0.4) is 0 Å². The van der Waals surface area contributed by atoms with E-state index in [0.717, 1.165) is 12.1 Å². The summed E-state index contributed by atoms with van der Waals surface area (Å²) in [6, 6.07) is 12.1. The highest BCUT2D eigenvalue weighted by molar-refractivity contribution is 5.24. The van der Waals surface area contributed by atoms with Gasteiger partial charge in [-0.2, -0.15) is 0 Å². The van der Waals surface area contributed by atoms with E-state index in [1.807, 2.05) is 0 Å². The van der Waals surface area contributed by atoms with Gasteiger partial charge in [0.15, 0.2) is 0 Å². The molecule has 1 aromatic heterocycles. The highest BCUT2D eigenvalue weighted by atomic mass is 19.1. The monoisotopic (exact) mass is 272 g/mol. The lowest BCUT2D eigenvalue weighted by Crippen LogP contribution is -2.25. The van der Waals surface area contributed by atoms with Crippen molar-refractivity contribution in [2.45, 2.75) is 39.3 Å². The van der Waals surface area contributed by atoms with Gasteiger partial charge < -0.3 is 5.32 Å². The Balaban J connectivity index is 2.09. The maximum Gasteiger partial charge on any atom is 0.141 e. The second-order valence-corrected chi connectivity index (χ2v) is 5.16. The van der Waals surface area contributed by atoms with E-state index in [9.17, 15) is 4.39 Å². The molecule has 1 aromatic carbocycles. The lowest BCUT2D eigenvalue weighted by Gasteiger charge is -2.22. The highest BCUT2D eigenvalue weighted by Crippen LogP contribution is 2.21. The highest BCUT2D eigenvalue weighted by Gasteiger charge is 2.14. The molecule has 0 saturated carbocycles. The van der Waals surface area contributed by atoms with Gasteiger partial charge in [-0.25, -0.2) is 4.39 Å². The van der Waals surface area contributed by atoms with Gasteiger partial charge >= 0.3 is 0 Å². The standard InChI is InChI=1S/C17H21FN2/c1-4-16(17-10-9-15(18)11-19-17)20-13(3)14-7-5-12(2)6-8-14/h5-11,13,16,20H,4H2,1-3H3. The summed E-state index contributed by atoms with van der Waals surface area (Å²) in [6.07, 6.45) is 2.19. The Morgan fingerprint density at radius 1 is 1.15 bits per heavy atom. The van der Waals surface area contributed by atoms with E-state index in [1.165, 1.54) is 23.4 Å². The summed E-state index contributed by atoms with van der Waals surface area (Å²) in [4.78, 5) is 4.17. The molecule has 0 bridgehead atoms. The average molecular weight is 272 g/mol. The molecule has 106 valence electrons. The summed E-state index contributed by atoms with van der Waals surface area (Å²) in [5.41, 5.74) is 3.39. The minimum absolute atomic E-state index is 0.131. The molecule has 0 fully saturated rings. The zero-order valence-electron chi connectivity index (χ0n) is 12.2. The molecule has 0 saturated heterocycles. The first kappa shape index (κ1) is 14.7. The van der Waals surface area contributed by atoms with E-state index in [-0.39, 0.29) is 17.9 Å². The van der Waals surface area contributed by atoms with Crippen molar-refractivity contribution in [1.82, 2.24) is 10.3 Å². The molecule has 2 unspecified atom stereocenters. The van der Waals surface area contributed by atoms with Gasteiger partial charge in [-0.15, -0.1) is 0 Å². The first-order valence-electron chi connectivity index (χ1n) is 7.04. The summed E-state index contributed by atoms with van der Waals surface area (Å²) < 4.78 is 12.9. The van der Waals surface area contributed by atoms with Gasteiger partial charge in [-0.3, -0.25) is 4.98 Å². The van der Waals surface area contributed by atoms with E-state index < -0.39 is 0 Å². The maximum atomic E-state index is 12.9. The van der Waals surface area contributed by atoms with E-state index in [2.05, 4.69) is 55.3 Å². The van der Waals surface area contributed by atoms with Crippen LogP contribution >= 0.6 is 0 Å². The molecule has 2 rings (SSSR count). The Kier molecular flexibility index (Phi) is 4.85. The molecule has 0 aliphatic carbocycles. The molecular formula is C17H21FN2. The Morgan fingerprint density at radius 2 is 1.85 bits per heavy atom. The molecule has 2 atom stereocenters. The molecule has 0 spiro atoms. The number of benzene rings is 1. The van der Waals surface area contributed by atoms with Crippen molar-refractivity contribution in [3.05, 3.63) is 65.2 Å². The van der Waals surface area contributed by atoms with Crippen molar-refractivity contribution >= 4 is 0 Å². The number of halogens is 1. The van der Waals surface area contributed by atoms with Crippen LogP contribution in [0.25, 0.3) is 0 Å². The smallest absolute Gasteiger partial charge is 0.141 e. The predicted octanol–water partition coefficient (Wildman–Crippen LogP) is 4.33. The number of aryl methyl sites for hydroxylation is 1. The lowest BCUT2D eigenvalue weighted by atomic mass is 10.0. The number of hydrogen-bond donors (Lipinski definition) is 1. The van der Waals surface area contributed by atoms with Crippen molar-refractivity contribution < 1.29 is 4.39 Å². The minimum Gasteiger partial charge on any atom is -0.302 e. The van der Waals surface area contributed by atoms with Crippen LogP contribution in [0.15, 0.2) is 42.6 Å². The third kappa shape index (κ3) is 3.64. The van der Waals surface area contributed by atoms with Gasteiger partial charge in [0, 0.05) is 12.1 Å². The molecule has 1 heterocycles. The first-order valence-corrected chi connectivity index (χ1v) is 7.04. The van der Waals surface area contributed by atoms with Crippen LogP contribution in [0.4, 0.5) is 4.39 Å². The third-order valence-electron chi connectivity index (χ3n) is 3.54. The Morgan fingerprint density at radius 3 is 2.40 bits per heavy atom. The van der Waals surface area contributed by atoms with Gasteiger partial charge in [-0.05, 0) is 38.0 Å². The van der Waals surface area contributed by atoms with Gasteiger partial charge in [0.1, 0.15) is 5.82 Å². The molecule has 20 heavy (non-hydrogen) atoms. The quantitative estimate of drug-likeness (QED) is 0.876. The van der Waals surface area contributed by atoms with Crippen LogP contribution in [0.5, 0.6) is 0 Å². The fourth-order valence-electron chi connectivity index (χ4n) is 2.26. The number of hydrogen-bond acceptors (Lipinski definition) is 2. The van der Waals surface area contributed by atoms with Gasteiger partial charge in [-0.1, -0.05) is 36.8 Å². The summed E-state index contributed by atoms with van der Waals surface area (Å²) in [5.74, 6) is -0.296. The summed E-state index contributed by atoms with van der Waals surface area (Å²) in [7, 11) is 0. The Bertz CT molecular complexity index is 534. The molecule has 0 amide bonds. The predicted molar refractivity (Wildman–Crippen MR) is 80.0 cm³/mol. The number of aromatic nitrogens is 1. The topological polar surface area (TPSA) is 24.9 Å². The fourth-order valence-corrected chi connectivity index (χ4v) is 2.26. The van der Waals surface area contributed by atoms with Crippen molar-refractivity contribution in [2.75, 3.05) is 0 Å².